The molecule has 0 aliphatic carbocycles. The molecule has 0 saturated carbocycles. The molecule has 35 heavy (non-hydrogen) atoms. The number of aromatic nitrogens is 1. The predicted octanol–water partition coefficient (Wildman–Crippen LogP) is 3.46. The second-order valence-electron chi connectivity index (χ2n) is 7.93. The summed E-state index contributed by atoms with van der Waals surface area (Å²) in [6.07, 6.45) is 1.01. The van der Waals surface area contributed by atoms with Crippen LogP contribution in [0.2, 0.25) is 0 Å². The van der Waals surface area contributed by atoms with Gasteiger partial charge in [-0.15, -0.1) is 0 Å². The number of nitrogens with one attached hydrogen (secondary N) is 1. The second kappa shape index (κ2) is 8.86. The molecule has 4 aromatic rings. The molecule has 0 aliphatic rings. The highest BCUT2D eigenvalue weighted by molar-refractivity contribution is 7.93. The average molecular weight is 537 g/mol. The number of benzene rings is 3. The summed E-state index contributed by atoms with van der Waals surface area (Å²) in [5.74, 6) is -1.01. The number of sulfone groups is 1. The lowest BCUT2D eigenvalue weighted by molar-refractivity contribution is 0.555. The van der Waals surface area contributed by atoms with Gasteiger partial charge in [-0.25, -0.2) is 38.3 Å². The minimum absolute atomic E-state index is 0.0805. The van der Waals surface area contributed by atoms with E-state index in [-0.39, 0.29) is 10.4 Å². The number of fused-ring (bicyclic) bond motifs is 1. The number of sulfonamides is 1. The number of halogens is 1. The van der Waals surface area contributed by atoms with E-state index in [4.69, 9.17) is 0 Å². The molecule has 4 rings (SSSR count). The Balaban J connectivity index is 1.89. The topological polar surface area (TPSA) is 119 Å². The van der Waals surface area contributed by atoms with Gasteiger partial charge in [-0.3, -0.25) is 0 Å². The molecule has 0 unspecified atom stereocenters. The first-order valence-corrected chi connectivity index (χ1v) is 15.1. The van der Waals surface area contributed by atoms with Crippen molar-refractivity contribution < 1.29 is 29.6 Å². The lowest BCUT2D eigenvalue weighted by Crippen LogP contribution is -2.25. The first-order valence-electron chi connectivity index (χ1n) is 10.3. The van der Waals surface area contributed by atoms with E-state index in [9.17, 15) is 29.6 Å². The quantitative estimate of drug-likeness (QED) is 0.386. The highest BCUT2D eigenvalue weighted by atomic mass is 32.2. The van der Waals surface area contributed by atoms with Crippen LogP contribution in [-0.4, -0.2) is 35.5 Å². The summed E-state index contributed by atoms with van der Waals surface area (Å²) in [6.45, 7) is 1.60. The van der Waals surface area contributed by atoms with Crippen LogP contribution in [0.1, 0.15) is 18.5 Å². The molecule has 0 saturated heterocycles. The molecule has 0 amide bonds. The maximum absolute atomic E-state index is 14.5. The summed E-state index contributed by atoms with van der Waals surface area (Å²) >= 11 is 0. The Morgan fingerprint density at radius 3 is 2.06 bits per heavy atom. The molecule has 1 N–H and O–H groups in total. The third-order valence-electron chi connectivity index (χ3n) is 5.35. The van der Waals surface area contributed by atoms with Crippen LogP contribution in [0.25, 0.3) is 10.9 Å². The Morgan fingerprint density at radius 2 is 1.43 bits per heavy atom. The summed E-state index contributed by atoms with van der Waals surface area (Å²) in [7, 11) is -12.5. The molecule has 1 aromatic heterocycles. The van der Waals surface area contributed by atoms with Crippen molar-refractivity contribution in [1.82, 2.24) is 8.69 Å². The Labute approximate surface area is 203 Å². The molecule has 3 aromatic carbocycles. The number of hydrogen-bond donors (Lipinski definition) is 1. The molecule has 0 spiro atoms. The third kappa shape index (κ3) is 4.74. The van der Waals surface area contributed by atoms with Crippen LogP contribution >= 0.6 is 0 Å². The highest BCUT2D eigenvalue weighted by Crippen LogP contribution is 2.33. The van der Waals surface area contributed by atoms with E-state index >= 15 is 0 Å². The fraction of sp³-hybridized carbons (Fsp3) is 0.130. The van der Waals surface area contributed by atoms with E-state index in [0.717, 1.165) is 18.4 Å². The van der Waals surface area contributed by atoms with Crippen LogP contribution in [0, 0.1) is 5.82 Å². The first kappa shape index (κ1) is 25.0. The van der Waals surface area contributed by atoms with Crippen LogP contribution in [-0.2, 0) is 29.9 Å². The second-order valence-corrected chi connectivity index (χ2v) is 13.4. The third-order valence-corrected chi connectivity index (χ3v) is 9.75. The van der Waals surface area contributed by atoms with Crippen molar-refractivity contribution in [3.8, 4) is 0 Å². The Hall–Kier alpha value is -3.06. The standard InChI is InChI=1S/C23H21FN2O6S3/c1-16(25-33(2,27)28)17-11-13-19(14-12-17)34(29,30)23-15-18-7-3-5-9-21(18)26(23)35(31,32)22-10-6-4-8-20(22)24/h3-16,25H,1-2H3/t16-/m0/s1. The van der Waals surface area contributed by atoms with Gasteiger partial charge in [-0.1, -0.05) is 42.5 Å². The molecule has 0 bridgehead atoms. The molecular formula is C23H21FN2O6S3. The van der Waals surface area contributed by atoms with Crippen LogP contribution in [0.4, 0.5) is 4.39 Å². The molecule has 12 heteroatoms. The van der Waals surface area contributed by atoms with Gasteiger partial charge >= 0.3 is 0 Å². The van der Waals surface area contributed by atoms with E-state index in [2.05, 4.69) is 4.72 Å². The zero-order chi connectivity index (χ0) is 25.6. The van der Waals surface area contributed by atoms with Crippen molar-refractivity contribution in [1.29, 1.82) is 0 Å². The van der Waals surface area contributed by atoms with Crippen LogP contribution in [0.15, 0.2) is 93.7 Å². The van der Waals surface area contributed by atoms with Gasteiger partial charge in [0.05, 0.1) is 16.7 Å². The Morgan fingerprint density at radius 1 is 0.829 bits per heavy atom. The minimum Gasteiger partial charge on any atom is -0.222 e. The van der Waals surface area contributed by atoms with Gasteiger partial charge in [0.25, 0.3) is 10.0 Å². The summed E-state index contributed by atoms with van der Waals surface area (Å²) in [5.41, 5.74) is 0.589. The molecule has 0 radical (unpaired) electrons. The molecular weight excluding hydrogens is 515 g/mol. The molecule has 0 fully saturated rings. The van der Waals surface area contributed by atoms with Gasteiger partial charge in [0.2, 0.25) is 19.9 Å². The van der Waals surface area contributed by atoms with Gasteiger partial charge in [0.1, 0.15) is 10.7 Å². The van der Waals surface area contributed by atoms with Gasteiger partial charge < -0.3 is 0 Å². The van der Waals surface area contributed by atoms with Crippen molar-refractivity contribution in [2.45, 2.75) is 27.8 Å². The van der Waals surface area contributed by atoms with Crippen LogP contribution in [0.5, 0.6) is 0 Å². The lowest BCUT2D eigenvalue weighted by Gasteiger charge is -2.15. The molecule has 0 aliphatic heterocycles. The smallest absolute Gasteiger partial charge is 0.222 e. The summed E-state index contributed by atoms with van der Waals surface area (Å²) < 4.78 is 94.7. The fourth-order valence-corrected chi connectivity index (χ4v) is 7.92. The van der Waals surface area contributed by atoms with Gasteiger partial charge in [-0.05, 0) is 48.9 Å². The SMILES string of the molecule is C[C@H](NS(C)(=O)=O)c1ccc(S(=O)(=O)c2cc3ccccc3n2S(=O)(=O)c2ccccc2F)cc1. The Bertz CT molecular complexity index is 1740. The normalized spacial score (nSPS) is 13.7. The molecule has 184 valence electrons. The number of para-hydroxylation sites is 1. The van der Waals surface area contributed by atoms with E-state index in [1.54, 1.807) is 25.1 Å². The Kier molecular flexibility index (Phi) is 6.34. The van der Waals surface area contributed by atoms with Gasteiger partial charge in [0, 0.05) is 11.4 Å². The largest absolute Gasteiger partial charge is 0.272 e. The van der Waals surface area contributed by atoms with E-state index in [1.807, 2.05) is 0 Å². The van der Waals surface area contributed by atoms with Crippen molar-refractivity contribution in [2.24, 2.45) is 0 Å². The zero-order valence-corrected chi connectivity index (χ0v) is 21.0. The number of hydrogen-bond acceptors (Lipinski definition) is 6. The van der Waals surface area contributed by atoms with Crippen molar-refractivity contribution >= 4 is 40.8 Å². The van der Waals surface area contributed by atoms with Crippen molar-refractivity contribution in [3.63, 3.8) is 0 Å². The summed E-state index contributed by atoms with van der Waals surface area (Å²) in [6, 6.07) is 16.9. The highest BCUT2D eigenvalue weighted by Gasteiger charge is 2.32. The molecule has 1 atom stereocenters. The summed E-state index contributed by atoms with van der Waals surface area (Å²) in [5, 5.41) is -0.203. The number of nitrogens with zero attached hydrogens (tertiary/aromatic N) is 1. The van der Waals surface area contributed by atoms with E-state index in [0.29, 0.717) is 14.9 Å². The van der Waals surface area contributed by atoms with Crippen LogP contribution < -0.4 is 4.72 Å². The fourth-order valence-electron chi connectivity index (χ4n) is 3.74. The lowest BCUT2D eigenvalue weighted by atomic mass is 10.1. The monoisotopic (exact) mass is 536 g/mol. The number of rotatable bonds is 7. The minimum atomic E-state index is -4.63. The maximum Gasteiger partial charge on any atom is 0.272 e. The molecule has 8 nitrogen and oxygen atoms in total. The molecule has 1 heterocycles. The zero-order valence-electron chi connectivity index (χ0n) is 18.6. The maximum atomic E-state index is 14.5. The van der Waals surface area contributed by atoms with Crippen molar-refractivity contribution in [3.05, 3.63) is 90.2 Å². The van der Waals surface area contributed by atoms with E-state index in [1.165, 1.54) is 48.5 Å². The average Bonchev–Trinajstić information content (AvgIpc) is 3.20. The van der Waals surface area contributed by atoms with E-state index < -0.39 is 51.7 Å². The predicted molar refractivity (Wildman–Crippen MR) is 129 cm³/mol. The van der Waals surface area contributed by atoms with Crippen LogP contribution in [0.3, 0.4) is 0 Å². The van der Waals surface area contributed by atoms with Gasteiger partial charge in [0.15, 0.2) is 5.03 Å². The van der Waals surface area contributed by atoms with Crippen molar-refractivity contribution in [2.75, 3.05) is 6.26 Å². The summed E-state index contributed by atoms with van der Waals surface area (Å²) in [4.78, 5) is -0.866. The van der Waals surface area contributed by atoms with Gasteiger partial charge in [-0.2, -0.15) is 0 Å². The first-order chi connectivity index (χ1) is 16.3.